The molecule has 0 aliphatic heterocycles. The Labute approximate surface area is 185 Å². The van der Waals surface area contributed by atoms with E-state index in [0.29, 0.717) is 38.4 Å². The number of imidazole rings is 1. The molecule has 9 nitrogen and oxygen atoms in total. The summed E-state index contributed by atoms with van der Waals surface area (Å²) in [6, 6.07) is 12.2. The number of aryl methyl sites for hydroxylation is 1. The number of methoxy groups -OCH3 is 1. The number of tetrazole rings is 1. The van der Waals surface area contributed by atoms with Gasteiger partial charge >= 0.3 is 0 Å². The Morgan fingerprint density at radius 1 is 1.00 bits per heavy atom. The van der Waals surface area contributed by atoms with Gasteiger partial charge in [-0.2, -0.15) is 4.52 Å². The molecule has 1 aromatic carbocycles. The molecule has 4 aromatic heterocycles. The summed E-state index contributed by atoms with van der Waals surface area (Å²) in [5.74, 6) is 0.946. The summed E-state index contributed by atoms with van der Waals surface area (Å²) < 4.78 is 15.3. The first-order chi connectivity index (χ1) is 15.9. The number of hydrogen-bond acceptors (Lipinski definition) is 7. The molecule has 164 valence electrons. The van der Waals surface area contributed by atoms with Gasteiger partial charge in [0.1, 0.15) is 11.3 Å². The van der Waals surface area contributed by atoms with Crippen LogP contribution in [-0.4, -0.2) is 61.5 Å². The number of benzene rings is 1. The van der Waals surface area contributed by atoms with Gasteiger partial charge in [-0.15, -0.1) is 5.10 Å². The van der Waals surface area contributed by atoms with Crippen LogP contribution in [0.5, 0.6) is 0 Å². The van der Waals surface area contributed by atoms with Crippen molar-refractivity contribution in [2.24, 2.45) is 0 Å². The van der Waals surface area contributed by atoms with Crippen molar-refractivity contribution in [3.05, 3.63) is 60.2 Å². The number of hydrogen-bond donors (Lipinski definition) is 0. The maximum Gasteiger partial charge on any atom is 0.207 e. The van der Waals surface area contributed by atoms with E-state index in [1.54, 1.807) is 17.8 Å². The lowest BCUT2D eigenvalue weighted by molar-refractivity contribution is 0.124. The fourth-order valence-corrected chi connectivity index (χ4v) is 4.09. The molecule has 5 rings (SSSR count). The molecule has 0 aliphatic carbocycles. The largest absolute Gasteiger partial charge is 0.384 e. The number of ether oxygens (including phenoxy) is 2. The maximum atomic E-state index is 5.98. The second-order valence-electron chi connectivity index (χ2n) is 7.63. The van der Waals surface area contributed by atoms with Crippen molar-refractivity contribution in [3.63, 3.8) is 0 Å². The van der Waals surface area contributed by atoms with E-state index < -0.39 is 0 Å². The third kappa shape index (κ3) is 3.92. The molecule has 0 spiro atoms. The Morgan fingerprint density at radius 2 is 1.94 bits per heavy atom. The average Bonchev–Trinajstić information content (AvgIpc) is 3.46. The van der Waals surface area contributed by atoms with E-state index in [-0.39, 0.29) is 0 Å². The minimum absolute atomic E-state index is 0.592. The average molecular weight is 432 g/mol. The molecule has 0 aliphatic rings. The first kappa shape index (κ1) is 20.5. The monoisotopic (exact) mass is 431 g/mol. The Hall–Kier alpha value is -3.43. The van der Waals surface area contributed by atoms with Gasteiger partial charge in [-0.1, -0.05) is 24.3 Å². The summed E-state index contributed by atoms with van der Waals surface area (Å²) in [6.45, 7) is 2.59. The van der Waals surface area contributed by atoms with Crippen molar-refractivity contribution >= 4 is 27.6 Å². The van der Waals surface area contributed by atoms with E-state index in [2.05, 4.69) is 37.2 Å². The summed E-state index contributed by atoms with van der Waals surface area (Å²) in [4.78, 5) is 9.07. The highest BCUT2D eigenvalue weighted by atomic mass is 16.5. The Balaban J connectivity index is 1.40. The van der Waals surface area contributed by atoms with Gasteiger partial charge in [-0.3, -0.25) is 4.98 Å². The molecule has 32 heavy (non-hydrogen) atoms. The molecule has 0 bridgehead atoms. The normalized spacial score (nSPS) is 11.8. The third-order valence-electron chi connectivity index (χ3n) is 5.58. The number of aromatic nitrogens is 7. The van der Waals surface area contributed by atoms with Crippen molar-refractivity contribution in [2.75, 3.05) is 26.9 Å². The zero-order chi connectivity index (χ0) is 21.8. The molecule has 0 saturated carbocycles. The molecule has 9 heteroatoms. The maximum absolute atomic E-state index is 5.98. The van der Waals surface area contributed by atoms with Crippen LogP contribution in [0.15, 0.2) is 48.8 Å². The molecule has 0 unspecified atom stereocenters. The van der Waals surface area contributed by atoms with Gasteiger partial charge in [0, 0.05) is 44.5 Å². The van der Waals surface area contributed by atoms with Gasteiger partial charge in [-0.25, -0.2) is 4.98 Å². The quantitative estimate of drug-likeness (QED) is 0.314. The van der Waals surface area contributed by atoms with Crippen LogP contribution in [0, 0.1) is 0 Å². The van der Waals surface area contributed by atoms with Crippen LogP contribution in [0.4, 0.5) is 0 Å². The van der Waals surface area contributed by atoms with Crippen molar-refractivity contribution in [1.29, 1.82) is 0 Å². The molecule has 0 saturated heterocycles. The molecule has 5 aromatic rings. The summed E-state index contributed by atoms with van der Waals surface area (Å²) in [5, 5.41) is 13.4. The first-order valence-electron chi connectivity index (χ1n) is 10.8. The lowest BCUT2D eigenvalue weighted by atomic mass is 10.2. The van der Waals surface area contributed by atoms with Crippen molar-refractivity contribution < 1.29 is 9.47 Å². The predicted molar refractivity (Wildman–Crippen MR) is 121 cm³/mol. The third-order valence-corrected chi connectivity index (χ3v) is 5.58. The molecule has 0 N–H and O–H groups in total. The Bertz CT molecular complexity index is 1330. The Kier molecular flexibility index (Phi) is 6.00. The van der Waals surface area contributed by atoms with Crippen LogP contribution in [0.2, 0.25) is 0 Å². The zero-order valence-electron chi connectivity index (χ0n) is 18.0. The lowest BCUT2D eigenvalue weighted by Crippen LogP contribution is -2.12. The molecule has 0 fully saturated rings. The molecular formula is C23H25N7O2. The highest BCUT2D eigenvalue weighted by Crippen LogP contribution is 2.29. The van der Waals surface area contributed by atoms with E-state index in [9.17, 15) is 0 Å². The van der Waals surface area contributed by atoms with E-state index in [0.717, 1.165) is 40.6 Å². The number of pyridine rings is 2. The summed E-state index contributed by atoms with van der Waals surface area (Å²) in [5.41, 5.74) is 4.69. The van der Waals surface area contributed by atoms with E-state index >= 15 is 0 Å². The molecule has 0 radical (unpaired) electrons. The number of fused-ring (bicyclic) bond motifs is 6. The molecule has 0 atom stereocenters. The highest BCUT2D eigenvalue weighted by Gasteiger charge is 2.19. The van der Waals surface area contributed by atoms with Crippen LogP contribution in [0.25, 0.3) is 27.6 Å². The lowest BCUT2D eigenvalue weighted by Gasteiger charge is -2.11. The molecular weight excluding hydrogens is 406 g/mol. The first-order valence-corrected chi connectivity index (χ1v) is 10.8. The second kappa shape index (κ2) is 9.37. The van der Waals surface area contributed by atoms with E-state index in [1.807, 2.05) is 30.5 Å². The minimum atomic E-state index is 0.592. The smallest absolute Gasteiger partial charge is 0.207 e. The summed E-state index contributed by atoms with van der Waals surface area (Å²) in [7, 11) is 1.70. The fraction of sp³-hybridized carbons (Fsp3) is 0.348. The van der Waals surface area contributed by atoms with Crippen LogP contribution >= 0.6 is 0 Å². The van der Waals surface area contributed by atoms with Gasteiger partial charge in [0.05, 0.1) is 24.2 Å². The minimum Gasteiger partial charge on any atom is -0.384 e. The SMILES string of the molecule is COCCc1nc2c(c3ccccc3n3nnnc23)n1CCOCCCc1cccnc1. The van der Waals surface area contributed by atoms with Crippen molar-refractivity contribution in [2.45, 2.75) is 25.8 Å². The van der Waals surface area contributed by atoms with Gasteiger partial charge in [0.25, 0.3) is 0 Å². The van der Waals surface area contributed by atoms with Gasteiger partial charge in [-0.05, 0) is 41.0 Å². The highest BCUT2D eigenvalue weighted by molar-refractivity contribution is 6.08. The fourth-order valence-electron chi connectivity index (χ4n) is 4.09. The van der Waals surface area contributed by atoms with Crippen molar-refractivity contribution in [1.82, 2.24) is 34.6 Å². The van der Waals surface area contributed by atoms with Crippen LogP contribution in [0.3, 0.4) is 0 Å². The Morgan fingerprint density at radius 3 is 2.81 bits per heavy atom. The summed E-state index contributed by atoms with van der Waals surface area (Å²) in [6.07, 6.45) is 6.33. The second-order valence-corrected chi connectivity index (χ2v) is 7.63. The van der Waals surface area contributed by atoms with Crippen LogP contribution in [-0.2, 0) is 28.9 Å². The van der Waals surface area contributed by atoms with Crippen LogP contribution < -0.4 is 0 Å². The number of para-hydroxylation sites is 1. The summed E-state index contributed by atoms with van der Waals surface area (Å²) >= 11 is 0. The predicted octanol–water partition coefficient (Wildman–Crippen LogP) is 2.86. The van der Waals surface area contributed by atoms with Gasteiger partial charge < -0.3 is 14.0 Å². The van der Waals surface area contributed by atoms with E-state index in [1.165, 1.54) is 5.56 Å². The van der Waals surface area contributed by atoms with E-state index in [4.69, 9.17) is 14.5 Å². The van der Waals surface area contributed by atoms with Crippen LogP contribution in [0.1, 0.15) is 17.8 Å². The number of nitrogens with zero attached hydrogens (tertiary/aromatic N) is 7. The zero-order valence-corrected chi connectivity index (χ0v) is 18.0. The molecule has 0 amide bonds. The van der Waals surface area contributed by atoms with Gasteiger partial charge in [0.2, 0.25) is 5.65 Å². The van der Waals surface area contributed by atoms with Crippen molar-refractivity contribution in [3.8, 4) is 0 Å². The van der Waals surface area contributed by atoms with Gasteiger partial charge in [0.15, 0.2) is 0 Å². The molecule has 4 heterocycles. The standard InChI is InChI=1S/C23H25N7O2/c1-31-14-10-20-25-21-22(18-8-2-3-9-19(18)30-23(21)26-27-28-30)29(20)12-15-32-13-5-7-17-6-4-11-24-16-17/h2-4,6,8-9,11,16H,5,7,10,12-15H2,1H3. The number of rotatable bonds is 10. The topological polar surface area (TPSA) is 92.2 Å².